The molecule has 2 fully saturated rings. The highest BCUT2D eigenvalue weighted by atomic mass is 32.2. The van der Waals surface area contributed by atoms with Crippen LogP contribution >= 0.6 is 0 Å². The number of sulfonamides is 1. The van der Waals surface area contributed by atoms with E-state index >= 15 is 0 Å². The van der Waals surface area contributed by atoms with Crippen molar-refractivity contribution in [2.45, 2.75) is 96.2 Å². The quantitative estimate of drug-likeness (QED) is 0.407. The second-order valence-electron chi connectivity index (χ2n) is 8.19. The lowest BCUT2D eigenvalue weighted by Gasteiger charge is -2.28. The molecule has 27 heavy (non-hydrogen) atoms. The van der Waals surface area contributed by atoms with E-state index in [1.807, 2.05) is 0 Å². The monoisotopic (exact) mass is 403 g/mol. The Bertz CT molecular complexity index is 551. The molecule has 0 aromatic heterocycles. The van der Waals surface area contributed by atoms with Gasteiger partial charge in [-0.3, -0.25) is 4.79 Å². The number of carboxylic acid groups (broad SMARTS) is 1. The molecule has 2 aliphatic rings. The molecule has 0 aromatic carbocycles. The normalized spacial score (nSPS) is 27.3. The van der Waals surface area contributed by atoms with Crippen LogP contribution in [-0.4, -0.2) is 44.0 Å². The van der Waals surface area contributed by atoms with Crippen molar-refractivity contribution in [2.75, 3.05) is 12.3 Å². The molecule has 2 rings (SSSR count). The molecule has 0 aromatic rings. The van der Waals surface area contributed by atoms with Gasteiger partial charge >= 0.3 is 5.97 Å². The minimum atomic E-state index is -3.19. The van der Waals surface area contributed by atoms with Crippen LogP contribution in [0.2, 0.25) is 0 Å². The summed E-state index contributed by atoms with van der Waals surface area (Å²) in [5.74, 6) is 0.223. The zero-order valence-corrected chi connectivity index (χ0v) is 17.5. The molecule has 2 heterocycles. The molecule has 2 saturated heterocycles. The summed E-state index contributed by atoms with van der Waals surface area (Å²) in [6.45, 7) is 2.62. The number of aliphatic carboxylic acids is 1. The second kappa shape index (κ2) is 11.4. The van der Waals surface area contributed by atoms with Gasteiger partial charge in [-0.15, -0.1) is 0 Å². The van der Waals surface area contributed by atoms with E-state index in [0.29, 0.717) is 12.5 Å². The Hall–Kier alpha value is -0.660. The number of hydrogen-bond donors (Lipinski definition) is 2. The largest absolute Gasteiger partial charge is 0.481 e. The van der Waals surface area contributed by atoms with Crippen molar-refractivity contribution in [2.24, 2.45) is 11.8 Å². The van der Waals surface area contributed by atoms with Crippen molar-refractivity contribution in [1.82, 2.24) is 4.72 Å². The van der Waals surface area contributed by atoms with E-state index in [1.54, 1.807) is 0 Å². The minimum absolute atomic E-state index is 0.204. The molecule has 7 heteroatoms. The number of nitrogens with one attached hydrogen (secondary N) is 1. The smallest absolute Gasteiger partial charge is 0.303 e. The third-order valence-corrected chi connectivity index (χ3v) is 7.51. The fourth-order valence-corrected chi connectivity index (χ4v) is 5.75. The Kier molecular flexibility index (Phi) is 9.53. The predicted octanol–water partition coefficient (Wildman–Crippen LogP) is 3.70. The third-order valence-electron chi connectivity index (χ3n) is 6.07. The highest BCUT2D eigenvalue weighted by Crippen LogP contribution is 2.45. The Labute approximate surface area is 164 Å². The van der Waals surface area contributed by atoms with Crippen LogP contribution in [-0.2, 0) is 19.6 Å². The van der Waals surface area contributed by atoms with E-state index in [9.17, 15) is 13.2 Å². The van der Waals surface area contributed by atoms with Crippen LogP contribution in [0.3, 0.4) is 0 Å². The van der Waals surface area contributed by atoms with Gasteiger partial charge in [0.1, 0.15) is 0 Å². The van der Waals surface area contributed by atoms with Crippen molar-refractivity contribution < 1.29 is 23.1 Å². The highest BCUT2D eigenvalue weighted by Gasteiger charge is 2.48. The predicted molar refractivity (Wildman–Crippen MR) is 106 cm³/mol. The van der Waals surface area contributed by atoms with Gasteiger partial charge in [0.15, 0.2) is 0 Å². The van der Waals surface area contributed by atoms with E-state index in [4.69, 9.17) is 9.84 Å². The SMILES string of the molecule is CCCCCCS(=O)(=O)NCC1C2CCC(O2)C1CCCCCCC(=O)O. The molecule has 6 nitrogen and oxygen atoms in total. The molecule has 4 atom stereocenters. The van der Waals surface area contributed by atoms with Crippen LogP contribution in [0.25, 0.3) is 0 Å². The van der Waals surface area contributed by atoms with Gasteiger partial charge in [-0.25, -0.2) is 13.1 Å². The summed E-state index contributed by atoms with van der Waals surface area (Å²) >= 11 is 0. The molecule has 0 radical (unpaired) electrons. The molecule has 0 amide bonds. The average molecular weight is 404 g/mol. The van der Waals surface area contributed by atoms with Gasteiger partial charge in [0.2, 0.25) is 10.0 Å². The summed E-state index contributed by atoms with van der Waals surface area (Å²) in [5, 5.41) is 8.68. The molecule has 158 valence electrons. The number of carbonyl (C=O) groups is 1. The number of rotatable bonds is 15. The standard InChI is InChI=1S/C20H37NO5S/c1-2-3-4-9-14-27(24,25)21-15-17-16(18-12-13-19(17)26-18)10-7-5-6-8-11-20(22)23/h16-19,21H,2-15H2,1H3,(H,22,23). The van der Waals surface area contributed by atoms with Crippen LogP contribution in [0.15, 0.2) is 0 Å². The molecular formula is C20H37NO5S. The van der Waals surface area contributed by atoms with Crippen molar-refractivity contribution in [1.29, 1.82) is 0 Å². The maximum atomic E-state index is 12.3. The van der Waals surface area contributed by atoms with E-state index in [2.05, 4.69) is 11.6 Å². The van der Waals surface area contributed by atoms with Crippen molar-refractivity contribution in [3.8, 4) is 0 Å². The first-order valence-electron chi connectivity index (χ1n) is 10.8. The number of fused-ring (bicyclic) bond motifs is 2. The lowest BCUT2D eigenvalue weighted by atomic mass is 9.76. The highest BCUT2D eigenvalue weighted by molar-refractivity contribution is 7.89. The average Bonchev–Trinajstić information content (AvgIpc) is 3.21. The van der Waals surface area contributed by atoms with E-state index in [-0.39, 0.29) is 30.3 Å². The summed E-state index contributed by atoms with van der Waals surface area (Å²) < 4.78 is 33.4. The molecule has 0 saturated carbocycles. The minimum Gasteiger partial charge on any atom is -0.481 e. The lowest BCUT2D eigenvalue weighted by molar-refractivity contribution is -0.137. The number of carboxylic acids is 1. The van der Waals surface area contributed by atoms with Gasteiger partial charge in [0, 0.05) is 18.9 Å². The molecule has 4 unspecified atom stereocenters. The van der Waals surface area contributed by atoms with Gasteiger partial charge in [0.05, 0.1) is 18.0 Å². The van der Waals surface area contributed by atoms with E-state index in [1.165, 1.54) is 0 Å². The van der Waals surface area contributed by atoms with Crippen LogP contribution in [0.1, 0.15) is 84.0 Å². The molecule has 2 bridgehead atoms. The topological polar surface area (TPSA) is 92.7 Å². The Morgan fingerprint density at radius 2 is 1.67 bits per heavy atom. The number of hydrogen-bond acceptors (Lipinski definition) is 4. The van der Waals surface area contributed by atoms with Crippen LogP contribution in [0.4, 0.5) is 0 Å². The van der Waals surface area contributed by atoms with Crippen LogP contribution in [0.5, 0.6) is 0 Å². The molecule has 0 aliphatic carbocycles. The number of ether oxygens (including phenoxy) is 1. The summed E-state index contributed by atoms with van der Waals surface area (Å²) in [7, 11) is -3.19. The Balaban J connectivity index is 1.71. The first-order chi connectivity index (χ1) is 12.9. The van der Waals surface area contributed by atoms with E-state index < -0.39 is 16.0 Å². The van der Waals surface area contributed by atoms with Gasteiger partial charge in [-0.2, -0.15) is 0 Å². The Morgan fingerprint density at radius 1 is 1.00 bits per heavy atom. The third kappa shape index (κ3) is 7.70. The molecule has 2 aliphatic heterocycles. The first-order valence-corrected chi connectivity index (χ1v) is 12.4. The first kappa shape index (κ1) is 22.6. The Morgan fingerprint density at radius 3 is 2.37 bits per heavy atom. The second-order valence-corrected chi connectivity index (χ2v) is 10.1. The van der Waals surface area contributed by atoms with Gasteiger partial charge in [-0.05, 0) is 38.0 Å². The summed E-state index contributed by atoms with van der Waals surface area (Å²) in [4.78, 5) is 10.5. The van der Waals surface area contributed by atoms with Gasteiger partial charge < -0.3 is 9.84 Å². The van der Waals surface area contributed by atoms with Crippen LogP contribution < -0.4 is 4.72 Å². The fourth-order valence-electron chi connectivity index (χ4n) is 4.58. The molecule has 0 spiro atoms. The van der Waals surface area contributed by atoms with Gasteiger partial charge in [-0.1, -0.05) is 45.4 Å². The van der Waals surface area contributed by atoms with Crippen molar-refractivity contribution in [3.05, 3.63) is 0 Å². The summed E-state index contributed by atoms with van der Waals surface area (Å²) in [6.07, 6.45) is 11.6. The zero-order chi connectivity index (χ0) is 19.7. The number of unbranched alkanes of at least 4 members (excludes halogenated alkanes) is 6. The maximum absolute atomic E-state index is 12.3. The summed E-state index contributed by atoms with van der Waals surface area (Å²) in [5.41, 5.74) is 0. The van der Waals surface area contributed by atoms with Gasteiger partial charge in [0.25, 0.3) is 0 Å². The fraction of sp³-hybridized carbons (Fsp3) is 0.950. The lowest BCUT2D eigenvalue weighted by Crippen LogP contribution is -2.39. The molecular weight excluding hydrogens is 366 g/mol. The van der Waals surface area contributed by atoms with Crippen molar-refractivity contribution in [3.63, 3.8) is 0 Å². The summed E-state index contributed by atoms with van der Waals surface area (Å²) in [6, 6.07) is 0. The zero-order valence-electron chi connectivity index (χ0n) is 16.7. The van der Waals surface area contributed by atoms with Crippen LogP contribution in [0, 0.1) is 11.8 Å². The van der Waals surface area contributed by atoms with E-state index in [0.717, 1.165) is 70.6 Å². The maximum Gasteiger partial charge on any atom is 0.303 e. The molecule has 2 N–H and O–H groups in total. The van der Waals surface area contributed by atoms with Crippen molar-refractivity contribution >= 4 is 16.0 Å².